The molecule has 5 N–H and O–H groups in total. The fourth-order valence-corrected chi connectivity index (χ4v) is 3.11. The Balaban J connectivity index is 2.06. The van der Waals surface area contributed by atoms with Crippen LogP contribution in [0.5, 0.6) is 5.75 Å². The van der Waals surface area contributed by atoms with Gasteiger partial charge >= 0.3 is 0 Å². The Hall–Kier alpha value is -2.47. The SMILES string of the molecule is [B]NC(C(=O)NCC(=O)Nc1ccc(CO)cc1OC1CC(O)CC(C=O)O1)C(C)C. The number of aldehydes is 1. The summed E-state index contributed by atoms with van der Waals surface area (Å²) >= 11 is 0. The van der Waals surface area contributed by atoms with E-state index in [0.717, 1.165) is 0 Å². The number of hydrogen-bond acceptors (Lipinski definition) is 8. The topological polar surface area (TPSA) is 146 Å². The molecule has 2 radical (unpaired) electrons. The van der Waals surface area contributed by atoms with E-state index in [2.05, 4.69) is 15.9 Å². The summed E-state index contributed by atoms with van der Waals surface area (Å²) in [6.45, 7) is 3.08. The molecule has 1 aromatic carbocycles. The highest BCUT2D eigenvalue weighted by molar-refractivity contribution is 6.07. The van der Waals surface area contributed by atoms with Gasteiger partial charge in [0.15, 0.2) is 7.98 Å². The highest BCUT2D eigenvalue weighted by atomic mass is 16.7. The summed E-state index contributed by atoms with van der Waals surface area (Å²) in [6, 6.07) is 4.01. The van der Waals surface area contributed by atoms with Crippen LogP contribution in [-0.2, 0) is 25.7 Å². The second-order valence-corrected chi connectivity index (χ2v) is 7.63. The molecular formula is C20H28BN3O7. The molecule has 0 spiro atoms. The van der Waals surface area contributed by atoms with Gasteiger partial charge in [0.05, 0.1) is 31.0 Å². The standard InChI is InChI=1S/C20H28BN3O7/c1-11(2)19(24-21)20(29)22-8-17(28)23-15-4-3-12(9-25)5-16(15)31-18-7-13(27)6-14(10-26)30-18/h3-5,10-11,13-14,18-19,24-25,27H,6-9H2,1-2H3,(H,22,29)(H,23,28). The molecule has 1 fully saturated rings. The van der Waals surface area contributed by atoms with Gasteiger partial charge in [0.25, 0.3) is 0 Å². The summed E-state index contributed by atoms with van der Waals surface area (Å²) in [6.07, 6.45) is -1.57. The van der Waals surface area contributed by atoms with Crippen LogP contribution in [0.3, 0.4) is 0 Å². The van der Waals surface area contributed by atoms with Crippen LogP contribution in [0.2, 0.25) is 0 Å². The normalized spacial score (nSPS) is 21.9. The molecular weight excluding hydrogens is 405 g/mol. The lowest BCUT2D eigenvalue weighted by Gasteiger charge is -2.31. The molecule has 1 aromatic rings. The smallest absolute Gasteiger partial charge is 0.243 e. The zero-order valence-electron chi connectivity index (χ0n) is 17.5. The average Bonchev–Trinajstić information content (AvgIpc) is 2.73. The first-order valence-corrected chi connectivity index (χ1v) is 10.00. The molecule has 4 unspecified atom stereocenters. The number of amides is 2. The highest BCUT2D eigenvalue weighted by Crippen LogP contribution is 2.30. The zero-order valence-corrected chi connectivity index (χ0v) is 17.5. The van der Waals surface area contributed by atoms with E-state index in [4.69, 9.17) is 17.5 Å². The maximum Gasteiger partial charge on any atom is 0.243 e. The van der Waals surface area contributed by atoms with E-state index >= 15 is 0 Å². The number of carbonyl (C=O) groups excluding carboxylic acids is 3. The number of rotatable bonds is 10. The number of carbonyl (C=O) groups is 3. The summed E-state index contributed by atoms with van der Waals surface area (Å²) in [5.41, 5.74) is 0.804. The number of benzene rings is 1. The number of aliphatic hydroxyl groups excluding tert-OH is 2. The van der Waals surface area contributed by atoms with Crippen LogP contribution in [0, 0.1) is 5.92 Å². The van der Waals surface area contributed by atoms with Crippen molar-refractivity contribution in [1.29, 1.82) is 0 Å². The van der Waals surface area contributed by atoms with Crippen molar-refractivity contribution >= 4 is 31.8 Å². The summed E-state index contributed by atoms with van der Waals surface area (Å²) in [5.74, 6) is -0.798. The minimum absolute atomic E-state index is 0.0693. The fraction of sp³-hybridized carbons (Fsp3) is 0.550. The third-order valence-electron chi connectivity index (χ3n) is 4.76. The molecule has 31 heavy (non-hydrogen) atoms. The van der Waals surface area contributed by atoms with Crippen LogP contribution < -0.4 is 20.6 Å². The van der Waals surface area contributed by atoms with Gasteiger partial charge in [-0.05, 0) is 23.6 Å². The van der Waals surface area contributed by atoms with E-state index in [0.29, 0.717) is 11.8 Å². The Kier molecular flexibility index (Phi) is 9.44. The van der Waals surface area contributed by atoms with Crippen LogP contribution >= 0.6 is 0 Å². The molecule has 0 saturated carbocycles. The lowest BCUT2D eigenvalue weighted by atomic mass is 10.0. The fourth-order valence-electron chi connectivity index (χ4n) is 3.11. The highest BCUT2D eigenvalue weighted by Gasteiger charge is 2.30. The minimum Gasteiger partial charge on any atom is -0.463 e. The molecule has 10 nitrogen and oxygen atoms in total. The number of nitrogens with one attached hydrogen (secondary N) is 3. The first-order valence-electron chi connectivity index (χ1n) is 10.00. The molecule has 2 rings (SSSR count). The lowest BCUT2D eigenvalue weighted by Crippen LogP contribution is -2.48. The molecule has 1 saturated heterocycles. The van der Waals surface area contributed by atoms with Crippen molar-refractivity contribution < 1.29 is 34.1 Å². The van der Waals surface area contributed by atoms with Crippen molar-refractivity contribution in [3.8, 4) is 5.75 Å². The average molecular weight is 433 g/mol. The number of anilines is 1. The zero-order chi connectivity index (χ0) is 23.0. The van der Waals surface area contributed by atoms with Crippen LogP contribution in [0.25, 0.3) is 0 Å². The first kappa shape index (κ1) is 24.8. The second kappa shape index (κ2) is 11.8. The summed E-state index contributed by atoms with van der Waals surface area (Å²) < 4.78 is 11.2. The van der Waals surface area contributed by atoms with E-state index in [-0.39, 0.29) is 43.3 Å². The molecule has 168 valence electrons. The predicted molar refractivity (Wildman–Crippen MR) is 112 cm³/mol. The Morgan fingerprint density at radius 2 is 2.10 bits per heavy atom. The number of aliphatic hydroxyl groups is 2. The van der Waals surface area contributed by atoms with Gasteiger partial charge in [0.1, 0.15) is 18.1 Å². The van der Waals surface area contributed by atoms with Gasteiger partial charge in [0, 0.05) is 12.8 Å². The van der Waals surface area contributed by atoms with Crippen molar-refractivity contribution in [3.63, 3.8) is 0 Å². The predicted octanol–water partition coefficient (Wildman–Crippen LogP) is -0.625. The van der Waals surface area contributed by atoms with Crippen molar-refractivity contribution in [3.05, 3.63) is 23.8 Å². The van der Waals surface area contributed by atoms with Crippen LogP contribution in [0.4, 0.5) is 5.69 Å². The van der Waals surface area contributed by atoms with Gasteiger partial charge in [-0.25, -0.2) is 0 Å². The van der Waals surface area contributed by atoms with Crippen molar-refractivity contribution in [2.45, 2.75) is 57.8 Å². The third kappa shape index (κ3) is 7.32. The van der Waals surface area contributed by atoms with E-state index < -0.39 is 36.4 Å². The van der Waals surface area contributed by atoms with Crippen molar-refractivity contribution in [2.75, 3.05) is 11.9 Å². The Morgan fingerprint density at radius 1 is 1.35 bits per heavy atom. The minimum atomic E-state index is -0.911. The second-order valence-electron chi connectivity index (χ2n) is 7.63. The maximum atomic E-state index is 12.3. The molecule has 2 amide bonds. The Bertz CT molecular complexity index is 777. The first-order chi connectivity index (χ1) is 14.8. The molecule has 4 atom stereocenters. The van der Waals surface area contributed by atoms with E-state index in [1.807, 2.05) is 13.8 Å². The maximum absolute atomic E-state index is 12.3. The quantitative estimate of drug-likeness (QED) is 0.242. The van der Waals surface area contributed by atoms with Gasteiger partial charge in [-0.3, -0.25) is 9.59 Å². The largest absolute Gasteiger partial charge is 0.463 e. The van der Waals surface area contributed by atoms with Gasteiger partial charge in [-0.15, -0.1) is 0 Å². The van der Waals surface area contributed by atoms with Crippen molar-refractivity contribution in [1.82, 2.24) is 10.5 Å². The van der Waals surface area contributed by atoms with Gasteiger partial charge < -0.3 is 40.3 Å². The van der Waals surface area contributed by atoms with Gasteiger partial charge in [-0.2, -0.15) is 0 Å². The lowest BCUT2D eigenvalue weighted by molar-refractivity contribution is -0.175. The van der Waals surface area contributed by atoms with Crippen molar-refractivity contribution in [2.24, 2.45) is 5.92 Å². The Labute approximate surface area is 182 Å². The van der Waals surface area contributed by atoms with E-state index in [9.17, 15) is 24.6 Å². The molecule has 0 aromatic heterocycles. The summed E-state index contributed by atoms with van der Waals surface area (Å²) in [5, 5.41) is 26.9. The molecule has 1 heterocycles. The monoisotopic (exact) mass is 433 g/mol. The van der Waals surface area contributed by atoms with Gasteiger partial charge in [0.2, 0.25) is 18.1 Å². The molecule has 0 aliphatic carbocycles. The van der Waals surface area contributed by atoms with Crippen LogP contribution in [0.1, 0.15) is 32.3 Å². The number of hydrogen-bond donors (Lipinski definition) is 5. The van der Waals surface area contributed by atoms with E-state index in [1.165, 1.54) is 12.1 Å². The third-order valence-corrected chi connectivity index (χ3v) is 4.76. The molecule has 1 aliphatic rings. The summed E-state index contributed by atoms with van der Waals surface area (Å²) in [4.78, 5) is 35.5. The van der Waals surface area contributed by atoms with Crippen LogP contribution in [0.15, 0.2) is 18.2 Å². The summed E-state index contributed by atoms with van der Waals surface area (Å²) in [7, 11) is 5.37. The molecule has 11 heteroatoms. The molecule has 1 aliphatic heterocycles. The van der Waals surface area contributed by atoms with Crippen LogP contribution in [-0.4, -0.2) is 67.4 Å². The molecule has 0 bridgehead atoms. The van der Waals surface area contributed by atoms with E-state index in [1.54, 1.807) is 6.07 Å². The number of ether oxygens (including phenoxy) is 2. The van der Waals surface area contributed by atoms with Gasteiger partial charge in [-0.1, -0.05) is 19.9 Å². The Morgan fingerprint density at radius 3 is 2.71 bits per heavy atom.